The average molecular weight is 742 g/mol. The summed E-state index contributed by atoms with van der Waals surface area (Å²) in [7, 11) is -4.37. The van der Waals surface area contributed by atoms with Crippen LogP contribution in [0.5, 0.6) is 0 Å². The van der Waals surface area contributed by atoms with Gasteiger partial charge in [0.25, 0.3) is 0 Å². The normalized spacial score (nSPS) is 13.7. The van der Waals surface area contributed by atoms with Crippen molar-refractivity contribution in [1.82, 2.24) is 0 Å². The molecule has 0 aliphatic heterocycles. The number of rotatable bonds is 38. The van der Waals surface area contributed by atoms with Crippen LogP contribution in [0.15, 0.2) is 36.5 Å². The van der Waals surface area contributed by atoms with Crippen LogP contribution in [0.2, 0.25) is 0 Å². The molecule has 298 valence electrons. The third kappa shape index (κ3) is 37.8. The zero-order valence-corrected chi connectivity index (χ0v) is 33.5. The van der Waals surface area contributed by atoms with Crippen molar-refractivity contribution in [3.05, 3.63) is 36.5 Å². The lowest BCUT2D eigenvalue weighted by molar-refractivity contribution is -0.161. The molecule has 0 aliphatic carbocycles. The summed E-state index contributed by atoms with van der Waals surface area (Å²) in [4.78, 5) is 34.7. The highest BCUT2D eigenvalue weighted by Crippen LogP contribution is 2.43. The Kier molecular flexibility index (Phi) is 36.7. The summed E-state index contributed by atoms with van der Waals surface area (Å²) in [6.07, 6.45) is 40.3. The number of nitrogens with two attached hydrogens (primary N) is 1. The van der Waals surface area contributed by atoms with Crippen LogP contribution in [-0.2, 0) is 32.7 Å². The molecular weight excluding hydrogens is 665 g/mol. The molecule has 0 radical (unpaired) electrons. The smallest absolute Gasteiger partial charge is 0.462 e. The molecule has 0 fully saturated rings. The minimum atomic E-state index is -4.37. The van der Waals surface area contributed by atoms with Gasteiger partial charge in [0.1, 0.15) is 6.61 Å². The summed E-state index contributed by atoms with van der Waals surface area (Å²) in [5.41, 5.74) is 5.33. The summed E-state index contributed by atoms with van der Waals surface area (Å²) < 4.78 is 32.7. The Morgan fingerprint density at radius 3 is 1.57 bits per heavy atom. The van der Waals surface area contributed by atoms with Crippen molar-refractivity contribution in [2.75, 3.05) is 26.4 Å². The van der Waals surface area contributed by atoms with Gasteiger partial charge >= 0.3 is 19.8 Å². The highest BCUT2D eigenvalue weighted by molar-refractivity contribution is 7.47. The van der Waals surface area contributed by atoms with Gasteiger partial charge in [-0.25, -0.2) is 4.57 Å². The van der Waals surface area contributed by atoms with E-state index < -0.39 is 32.5 Å². The second-order valence-electron chi connectivity index (χ2n) is 13.5. The summed E-state index contributed by atoms with van der Waals surface area (Å²) in [5, 5.41) is 0. The number of phosphoric acid groups is 1. The van der Waals surface area contributed by atoms with E-state index in [1.54, 1.807) is 0 Å². The minimum absolute atomic E-state index is 0.0512. The summed E-state index contributed by atoms with van der Waals surface area (Å²) in [5.74, 6) is -0.845. The van der Waals surface area contributed by atoms with Crippen molar-refractivity contribution in [2.24, 2.45) is 5.73 Å². The number of esters is 2. The van der Waals surface area contributed by atoms with Gasteiger partial charge < -0.3 is 20.1 Å². The van der Waals surface area contributed by atoms with Crippen molar-refractivity contribution in [2.45, 2.75) is 187 Å². The molecule has 0 saturated heterocycles. The molecule has 0 aromatic heterocycles. The maximum atomic E-state index is 12.6. The maximum Gasteiger partial charge on any atom is 0.472 e. The Morgan fingerprint density at radius 2 is 1.04 bits per heavy atom. The Labute approximate surface area is 312 Å². The molecule has 2 unspecified atom stereocenters. The molecule has 0 rings (SSSR count). The first-order valence-electron chi connectivity index (χ1n) is 20.5. The molecule has 0 aromatic carbocycles. The summed E-state index contributed by atoms with van der Waals surface area (Å²) in [6, 6.07) is 0. The van der Waals surface area contributed by atoms with Gasteiger partial charge in [0.2, 0.25) is 0 Å². The zero-order chi connectivity index (χ0) is 37.5. The zero-order valence-electron chi connectivity index (χ0n) is 32.6. The van der Waals surface area contributed by atoms with Gasteiger partial charge in [0.05, 0.1) is 13.2 Å². The molecule has 9 nitrogen and oxygen atoms in total. The van der Waals surface area contributed by atoms with Crippen molar-refractivity contribution in [3.63, 3.8) is 0 Å². The lowest BCUT2D eigenvalue weighted by atomic mass is 10.1. The molecule has 0 aliphatic rings. The van der Waals surface area contributed by atoms with E-state index >= 15 is 0 Å². The predicted octanol–water partition coefficient (Wildman–Crippen LogP) is 11.4. The maximum absolute atomic E-state index is 12.6. The number of unbranched alkanes of at least 4 members (excludes halogenated alkanes) is 19. The number of allylic oxidation sites excluding steroid dienone is 6. The quantitative estimate of drug-likeness (QED) is 0.0274. The first kappa shape index (κ1) is 49.2. The lowest BCUT2D eigenvalue weighted by Gasteiger charge is -2.19. The molecule has 0 heterocycles. The molecule has 0 amide bonds. The van der Waals surface area contributed by atoms with Crippen LogP contribution in [0, 0.1) is 0 Å². The highest BCUT2D eigenvalue weighted by Gasteiger charge is 2.26. The van der Waals surface area contributed by atoms with Crippen molar-refractivity contribution in [1.29, 1.82) is 0 Å². The van der Waals surface area contributed by atoms with Crippen LogP contribution in [0.25, 0.3) is 0 Å². The number of phosphoric ester groups is 1. The molecule has 0 bridgehead atoms. The molecule has 10 heteroatoms. The van der Waals surface area contributed by atoms with E-state index in [0.29, 0.717) is 6.42 Å². The number of carbonyl (C=O) groups is 2. The second-order valence-corrected chi connectivity index (χ2v) is 14.9. The van der Waals surface area contributed by atoms with Crippen LogP contribution in [0.1, 0.15) is 181 Å². The third-order valence-electron chi connectivity index (χ3n) is 8.50. The van der Waals surface area contributed by atoms with Gasteiger partial charge in [0.15, 0.2) is 6.10 Å². The fourth-order valence-electron chi connectivity index (χ4n) is 5.41. The van der Waals surface area contributed by atoms with E-state index in [2.05, 4.69) is 50.3 Å². The molecule has 2 atom stereocenters. The third-order valence-corrected chi connectivity index (χ3v) is 9.48. The van der Waals surface area contributed by atoms with E-state index in [0.717, 1.165) is 77.0 Å². The molecule has 0 aromatic rings. The van der Waals surface area contributed by atoms with E-state index in [9.17, 15) is 19.0 Å². The SMILES string of the molecule is CCCCC=CCCCCCCCC(=O)OCC(COP(=O)(O)OCCN)OC(=O)CCCCCCCCCCCC=CCC=CCCCCC. The largest absolute Gasteiger partial charge is 0.472 e. The van der Waals surface area contributed by atoms with Crippen molar-refractivity contribution < 1.29 is 37.6 Å². The second kappa shape index (κ2) is 38.0. The Hall–Kier alpha value is -1.77. The standard InChI is InChI=1S/C41H76NO8P/c1-3-5-7-9-11-13-15-16-17-18-19-20-21-22-24-26-28-30-32-34-41(44)50-39(38-49-51(45,46)48-36-35-42)37-47-40(43)33-31-29-27-25-23-14-12-10-8-6-4-2/h10-13,16-17,39H,3-9,14-15,18-38,42H2,1-2H3,(H,45,46). The summed E-state index contributed by atoms with van der Waals surface area (Å²) >= 11 is 0. The van der Waals surface area contributed by atoms with Gasteiger partial charge in [0, 0.05) is 19.4 Å². The van der Waals surface area contributed by atoms with Crippen LogP contribution < -0.4 is 5.73 Å². The fraction of sp³-hybridized carbons (Fsp3) is 0.805. The lowest BCUT2D eigenvalue weighted by Crippen LogP contribution is -2.29. The van der Waals surface area contributed by atoms with E-state index in [1.807, 2.05) is 0 Å². The summed E-state index contributed by atoms with van der Waals surface area (Å²) in [6.45, 7) is 3.65. The van der Waals surface area contributed by atoms with Gasteiger partial charge in [-0.1, -0.05) is 140 Å². The Balaban J connectivity index is 4.16. The monoisotopic (exact) mass is 742 g/mol. The Bertz CT molecular complexity index is 939. The van der Waals surface area contributed by atoms with Gasteiger partial charge in [-0.05, 0) is 64.2 Å². The average Bonchev–Trinajstić information content (AvgIpc) is 3.11. The van der Waals surface area contributed by atoms with Gasteiger partial charge in [-0.3, -0.25) is 18.6 Å². The first-order valence-corrected chi connectivity index (χ1v) is 22.0. The Morgan fingerprint density at radius 1 is 0.588 bits per heavy atom. The number of ether oxygens (including phenoxy) is 2. The number of hydrogen-bond donors (Lipinski definition) is 2. The molecule has 0 saturated carbocycles. The fourth-order valence-corrected chi connectivity index (χ4v) is 6.17. The van der Waals surface area contributed by atoms with E-state index in [-0.39, 0.29) is 32.6 Å². The van der Waals surface area contributed by atoms with Crippen LogP contribution in [-0.4, -0.2) is 49.3 Å². The molecule has 3 N–H and O–H groups in total. The van der Waals surface area contributed by atoms with Gasteiger partial charge in [-0.15, -0.1) is 0 Å². The minimum Gasteiger partial charge on any atom is -0.462 e. The van der Waals surface area contributed by atoms with Crippen LogP contribution in [0.3, 0.4) is 0 Å². The first-order chi connectivity index (χ1) is 24.8. The van der Waals surface area contributed by atoms with Crippen molar-refractivity contribution >= 4 is 19.8 Å². The van der Waals surface area contributed by atoms with E-state index in [1.165, 1.54) is 70.6 Å². The van der Waals surface area contributed by atoms with Gasteiger partial charge in [-0.2, -0.15) is 0 Å². The highest BCUT2D eigenvalue weighted by atomic mass is 31.2. The predicted molar refractivity (Wildman–Crippen MR) is 210 cm³/mol. The topological polar surface area (TPSA) is 134 Å². The number of hydrogen-bond acceptors (Lipinski definition) is 8. The van der Waals surface area contributed by atoms with Crippen LogP contribution >= 0.6 is 7.82 Å². The molecule has 51 heavy (non-hydrogen) atoms. The molecular formula is C41H76NO8P. The van der Waals surface area contributed by atoms with Crippen molar-refractivity contribution in [3.8, 4) is 0 Å². The number of carbonyl (C=O) groups excluding carboxylic acids is 2. The van der Waals surface area contributed by atoms with E-state index in [4.69, 9.17) is 24.3 Å². The van der Waals surface area contributed by atoms with Crippen LogP contribution in [0.4, 0.5) is 0 Å². The molecule has 0 spiro atoms.